The molecule has 2 N–H and O–H groups in total. The van der Waals surface area contributed by atoms with Crippen LogP contribution in [0.4, 0.5) is 10.2 Å². The molecule has 1 heterocycles. The second-order valence-corrected chi connectivity index (χ2v) is 4.68. The molecule has 2 rings (SSSR count). The van der Waals surface area contributed by atoms with E-state index in [-0.39, 0.29) is 5.75 Å². The van der Waals surface area contributed by atoms with Gasteiger partial charge in [-0.2, -0.15) is 4.39 Å². The van der Waals surface area contributed by atoms with Gasteiger partial charge in [0.05, 0.1) is 11.6 Å². The number of hydrogen-bond acceptors (Lipinski definition) is 4. The summed E-state index contributed by atoms with van der Waals surface area (Å²) >= 11 is 3.24. The van der Waals surface area contributed by atoms with Crippen LogP contribution < -0.4 is 10.1 Å². The van der Waals surface area contributed by atoms with Crippen molar-refractivity contribution in [3.8, 4) is 11.5 Å². The van der Waals surface area contributed by atoms with Crippen LogP contribution in [-0.2, 0) is 6.54 Å². The number of aromatic hydroxyl groups is 1. The van der Waals surface area contributed by atoms with Gasteiger partial charge in [0.25, 0.3) is 0 Å². The fourth-order valence-electron chi connectivity index (χ4n) is 1.58. The Bertz CT molecular complexity index is 593. The molecule has 0 saturated carbocycles. The van der Waals surface area contributed by atoms with Gasteiger partial charge >= 0.3 is 0 Å². The lowest BCUT2D eigenvalue weighted by molar-refractivity contribution is 0.371. The van der Waals surface area contributed by atoms with Gasteiger partial charge in [0.2, 0.25) is 5.95 Å². The molecule has 0 saturated heterocycles. The number of anilines is 1. The molecular weight excluding hydrogens is 315 g/mol. The number of phenolic OH excluding ortho intramolecular Hbond substituents is 1. The van der Waals surface area contributed by atoms with Gasteiger partial charge in [-0.3, -0.25) is 0 Å². The maximum atomic E-state index is 12.9. The van der Waals surface area contributed by atoms with Crippen LogP contribution in [0.1, 0.15) is 5.56 Å². The largest absolute Gasteiger partial charge is 0.503 e. The minimum atomic E-state index is -0.533. The molecule has 0 amide bonds. The molecule has 100 valence electrons. The number of nitrogens with one attached hydrogen (secondary N) is 1. The average Bonchev–Trinajstić information content (AvgIpc) is 2.40. The van der Waals surface area contributed by atoms with E-state index in [1.54, 1.807) is 24.3 Å². The summed E-state index contributed by atoms with van der Waals surface area (Å²) in [6, 6.07) is 8.00. The summed E-state index contributed by atoms with van der Waals surface area (Å²) in [6.07, 6.45) is 0. The minimum absolute atomic E-state index is 0.0510. The number of methoxy groups -OCH3 is 1. The molecule has 4 nitrogen and oxygen atoms in total. The fourth-order valence-corrected chi connectivity index (χ4v) is 2.07. The Morgan fingerprint density at radius 3 is 2.89 bits per heavy atom. The van der Waals surface area contributed by atoms with Crippen LogP contribution in [-0.4, -0.2) is 17.2 Å². The number of nitrogens with zero attached hydrogens (tertiary/aromatic N) is 1. The third kappa shape index (κ3) is 3.35. The van der Waals surface area contributed by atoms with Crippen molar-refractivity contribution < 1.29 is 14.2 Å². The maximum absolute atomic E-state index is 12.9. The molecule has 0 unspecified atom stereocenters. The first kappa shape index (κ1) is 13.6. The summed E-state index contributed by atoms with van der Waals surface area (Å²) in [5.74, 6) is 0.339. The highest BCUT2D eigenvalue weighted by Crippen LogP contribution is 2.35. The van der Waals surface area contributed by atoms with E-state index in [9.17, 15) is 9.50 Å². The Balaban J connectivity index is 2.13. The van der Waals surface area contributed by atoms with E-state index in [1.165, 1.54) is 13.2 Å². The third-order valence-electron chi connectivity index (χ3n) is 2.50. The number of pyridine rings is 1. The van der Waals surface area contributed by atoms with E-state index < -0.39 is 5.95 Å². The molecule has 0 radical (unpaired) electrons. The predicted octanol–water partition coefficient (Wildman–Crippen LogP) is 3.31. The number of halogens is 2. The van der Waals surface area contributed by atoms with Crippen LogP contribution >= 0.6 is 15.9 Å². The molecule has 19 heavy (non-hydrogen) atoms. The smallest absolute Gasteiger partial charge is 0.214 e. The summed E-state index contributed by atoms with van der Waals surface area (Å²) < 4.78 is 18.5. The van der Waals surface area contributed by atoms with Crippen molar-refractivity contribution in [3.63, 3.8) is 0 Å². The van der Waals surface area contributed by atoms with Gasteiger partial charge in [-0.1, -0.05) is 6.07 Å². The Morgan fingerprint density at radius 1 is 1.42 bits per heavy atom. The highest BCUT2D eigenvalue weighted by molar-refractivity contribution is 9.10. The third-order valence-corrected chi connectivity index (χ3v) is 3.10. The van der Waals surface area contributed by atoms with Gasteiger partial charge in [-0.25, -0.2) is 4.98 Å². The molecule has 6 heteroatoms. The molecule has 1 aromatic carbocycles. The Morgan fingerprint density at radius 2 is 2.21 bits per heavy atom. The van der Waals surface area contributed by atoms with Crippen molar-refractivity contribution in [1.82, 2.24) is 4.98 Å². The fraction of sp³-hybridized carbons (Fsp3) is 0.154. The van der Waals surface area contributed by atoms with Crippen LogP contribution in [0.3, 0.4) is 0 Å². The summed E-state index contributed by atoms with van der Waals surface area (Å²) in [5.41, 5.74) is 0.868. The average molecular weight is 327 g/mol. The summed E-state index contributed by atoms with van der Waals surface area (Å²) in [6.45, 7) is 0.436. The van der Waals surface area contributed by atoms with E-state index in [0.717, 1.165) is 5.56 Å². The molecule has 0 aliphatic rings. The minimum Gasteiger partial charge on any atom is -0.503 e. The standard InChI is InChI=1S/C13H12BrFN2O2/c1-19-10-6-8(5-9(14)13(10)18)7-16-12-4-2-3-11(15)17-12/h2-6,18H,7H2,1H3,(H,16,17). The normalized spacial score (nSPS) is 10.3. The van der Waals surface area contributed by atoms with E-state index in [2.05, 4.69) is 26.2 Å². The number of phenols is 1. The van der Waals surface area contributed by atoms with Gasteiger partial charge in [-0.15, -0.1) is 0 Å². The first-order valence-electron chi connectivity index (χ1n) is 5.52. The first-order chi connectivity index (χ1) is 9.10. The van der Waals surface area contributed by atoms with Gasteiger partial charge < -0.3 is 15.2 Å². The maximum Gasteiger partial charge on any atom is 0.214 e. The first-order valence-corrected chi connectivity index (χ1v) is 6.31. The monoisotopic (exact) mass is 326 g/mol. The van der Waals surface area contributed by atoms with Crippen LogP contribution in [0.2, 0.25) is 0 Å². The Labute approximate surface area is 118 Å². The van der Waals surface area contributed by atoms with Crippen LogP contribution in [0, 0.1) is 5.95 Å². The van der Waals surface area contributed by atoms with Crippen molar-refractivity contribution in [2.24, 2.45) is 0 Å². The van der Waals surface area contributed by atoms with Crippen molar-refractivity contribution in [2.45, 2.75) is 6.54 Å². The highest BCUT2D eigenvalue weighted by atomic mass is 79.9. The number of benzene rings is 1. The second kappa shape index (κ2) is 5.88. The number of ether oxygens (including phenoxy) is 1. The van der Waals surface area contributed by atoms with Crippen molar-refractivity contribution in [1.29, 1.82) is 0 Å². The number of aromatic nitrogens is 1. The Hall–Kier alpha value is -1.82. The molecular formula is C13H12BrFN2O2. The molecule has 1 aromatic heterocycles. The van der Waals surface area contributed by atoms with Gasteiger partial charge in [0.1, 0.15) is 5.82 Å². The molecule has 0 fully saturated rings. The molecule has 0 aliphatic carbocycles. The molecule has 0 atom stereocenters. The lowest BCUT2D eigenvalue weighted by Crippen LogP contribution is -2.02. The lowest BCUT2D eigenvalue weighted by Gasteiger charge is -2.10. The summed E-state index contributed by atoms with van der Waals surface area (Å²) in [4.78, 5) is 3.70. The summed E-state index contributed by atoms with van der Waals surface area (Å²) in [7, 11) is 1.48. The van der Waals surface area contributed by atoms with Crippen LogP contribution in [0.15, 0.2) is 34.8 Å². The van der Waals surface area contributed by atoms with E-state index in [4.69, 9.17) is 4.74 Å². The van der Waals surface area contributed by atoms with E-state index >= 15 is 0 Å². The van der Waals surface area contributed by atoms with Crippen LogP contribution in [0.25, 0.3) is 0 Å². The zero-order chi connectivity index (χ0) is 13.8. The van der Waals surface area contributed by atoms with E-state index in [1.807, 2.05) is 0 Å². The van der Waals surface area contributed by atoms with Crippen molar-refractivity contribution >= 4 is 21.7 Å². The Kier molecular flexibility index (Phi) is 4.21. The number of rotatable bonds is 4. The number of hydrogen-bond donors (Lipinski definition) is 2. The summed E-state index contributed by atoms with van der Waals surface area (Å²) in [5, 5.41) is 12.7. The lowest BCUT2D eigenvalue weighted by atomic mass is 10.2. The van der Waals surface area contributed by atoms with Gasteiger partial charge in [0, 0.05) is 6.54 Å². The highest BCUT2D eigenvalue weighted by Gasteiger charge is 2.08. The molecule has 2 aromatic rings. The van der Waals surface area contributed by atoms with Crippen LogP contribution in [0.5, 0.6) is 11.5 Å². The van der Waals surface area contributed by atoms with Gasteiger partial charge in [-0.05, 0) is 45.8 Å². The zero-order valence-corrected chi connectivity index (χ0v) is 11.7. The molecule has 0 spiro atoms. The van der Waals surface area contributed by atoms with E-state index in [0.29, 0.717) is 22.6 Å². The molecule has 0 aliphatic heterocycles. The van der Waals surface area contributed by atoms with Gasteiger partial charge in [0.15, 0.2) is 11.5 Å². The second-order valence-electron chi connectivity index (χ2n) is 3.83. The SMILES string of the molecule is COc1cc(CNc2cccc(F)n2)cc(Br)c1O. The quantitative estimate of drug-likeness (QED) is 0.846. The van der Waals surface area contributed by atoms with Crippen molar-refractivity contribution in [2.75, 3.05) is 12.4 Å². The topological polar surface area (TPSA) is 54.4 Å². The molecule has 0 bridgehead atoms. The predicted molar refractivity (Wildman–Crippen MR) is 73.9 cm³/mol. The zero-order valence-electron chi connectivity index (χ0n) is 10.2. The van der Waals surface area contributed by atoms with Crippen molar-refractivity contribution in [3.05, 3.63) is 46.3 Å².